The van der Waals surface area contributed by atoms with Gasteiger partial charge in [0, 0.05) is 40.8 Å². The third-order valence-electron chi connectivity index (χ3n) is 4.53. The molecule has 0 radical (unpaired) electrons. The molecule has 0 aliphatic heterocycles. The van der Waals surface area contributed by atoms with Crippen LogP contribution in [0.15, 0.2) is 67.1 Å². The van der Waals surface area contributed by atoms with Crippen molar-refractivity contribution in [3.63, 3.8) is 0 Å². The first-order chi connectivity index (χ1) is 13.7. The summed E-state index contributed by atoms with van der Waals surface area (Å²) in [4.78, 5) is 13.3. The van der Waals surface area contributed by atoms with Crippen molar-refractivity contribution >= 4 is 22.5 Å². The zero-order valence-electron chi connectivity index (χ0n) is 15.7. The lowest BCUT2D eigenvalue weighted by Crippen LogP contribution is -1.99. The Bertz CT molecular complexity index is 1160. The van der Waals surface area contributed by atoms with Crippen molar-refractivity contribution in [3.05, 3.63) is 78.2 Å². The van der Waals surface area contributed by atoms with E-state index in [-0.39, 0.29) is 0 Å². The number of nitrogens with zero attached hydrogens (tertiary/aromatic N) is 3. The van der Waals surface area contributed by atoms with Gasteiger partial charge in [-0.25, -0.2) is 9.97 Å². The Kier molecular flexibility index (Phi) is 4.99. The van der Waals surface area contributed by atoms with Gasteiger partial charge in [-0.3, -0.25) is 4.98 Å². The van der Waals surface area contributed by atoms with E-state index >= 15 is 0 Å². The zero-order chi connectivity index (χ0) is 19.3. The largest absolute Gasteiger partial charge is 0.324 e. The topological polar surface area (TPSA) is 50.7 Å². The number of aryl methyl sites for hydroxylation is 1. The Labute approximate surface area is 164 Å². The highest BCUT2D eigenvalue weighted by Gasteiger charge is 2.06. The first kappa shape index (κ1) is 17.7. The fourth-order valence-corrected chi connectivity index (χ4v) is 3.21. The smallest absolute Gasteiger partial charge is 0.227 e. The highest BCUT2D eigenvalue weighted by molar-refractivity contribution is 5.81. The molecule has 4 nitrogen and oxygen atoms in total. The van der Waals surface area contributed by atoms with Crippen molar-refractivity contribution in [2.45, 2.75) is 19.8 Å². The van der Waals surface area contributed by atoms with E-state index in [0.29, 0.717) is 5.95 Å². The SMILES string of the molecule is C#Cc1ccc2nc(Nc3cc(CCC)cc(-c4cccnc4)c3)ncc2c1. The van der Waals surface area contributed by atoms with Crippen molar-refractivity contribution in [1.82, 2.24) is 15.0 Å². The molecule has 0 bridgehead atoms. The van der Waals surface area contributed by atoms with Gasteiger partial charge in [0.25, 0.3) is 0 Å². The predicted molar refractivity (Wildman–Crippen MR) is 114 cm³/mol. The van der Waals surface area contributed by atoms with Crippen LogP contribution in [0, 0.1) is 12.3 Å². The van der Waals surface area contributed by atoms with Crippen molar-refractivity contribution < 1.29 is 0 Å². The fraction of sp³-hybridized carbons (Fsp3) is 0.125. The molecule has 0 spiro atoms. The highest BCUT2D eigenvalue weighted by atomic mass is 15.1. The van der Waals surface area contributed by atoms with Crippen LogP contribution in [0.4, 0.5) is 11.6 Å². The Morgan fingerprint density at radius 3 is 2.75 bits per heavy atom. The van der Waals surface area contributed by atoms with E-state index < -0.39 is 0 Å². The van der Waals surface area contributed by atoms with Crippen molar-refractivity contribution in [2.75, 3.05) is 5.32 Å². The van der Waals surface area contributed by atoms with Gasteiger partial charge in [-0.2, -0.15) is 0 Å². The summed E-state index contributed by atoms with van der Waals surface area (Å²) >= 11 is 0. The summed E-state index contributed by atoms with van der Waals surface area (Å²) in [6.45, 7) is 2.18. The monoisotopic (exact) mass is 364 g/mol. The van der Waals surface area contributed by atoms with E-state index in [1.807, 2.05) is 30.5 Å². The lowest BCUT2D eigenvalue weighted by molar-refractivity contribution is 0.922. The Balaban J connectivity index is 1.69. The molecule has 1 N–H and O–H groups in total. The van der Waals surface area contributed by atoms with Crippen LogP contribution >= 0.6 is 0 Å². The number of hydrogen-bond acceptors (Lipinski definition) is 4. The lowest BCUT2D eigenvalue weighted by atomic mass is 10.0. The molecule has 4 heteroatoms. The number of hydrogen-bond donors (Lipinski definition) is 1. The molecule has 0 aliphatic rings. The number of aromatic nitrogens is 3. The summed E-state index contributed by atoms with van der Waals surface area (Å²) in [5, 5.41) is 4.28. The molecule has 0 amide bonds. The number of anilines is 2. The minimum atomic E-state index is 0.562. The molecule has 2 aromatic carbocycles. The van der Waals surface area contributed by atoms with Gasteiger partial charge >= 0.3 is 0 Å². The molecule has 2 heterocycles. The number of pyridine rings is 1. The lowest BCUT2D eigenvalue weighted by Gasteiger charge is -2.11. The summed E-state index contributed by atoms with van der Waals surface area (Å²) < 4.78 is 0. The van der Waals surface area contributed by atoms with Crippen LogP contribution in [-0.4, -0.2) is 15.0 Å². The van der Waals surface area contributed by atoms with Crippen LogP contribution in [-0.2, 0) is 6.42 Å². The van der Waals surface area contributed by atoms with E-state index in [1.54, 1.807) is 12.4 Å². The van der Waals surface area contributed by atoms with Crippen LogP contribution in [0.25, 0.3) is 22.0 Å². The van der Waals surface area contributed by atoms with E-state index in [9.17, 15) is 0 Å². The molecular formula is C24H20N4. The van der Waals surface area contributed by atoms with Crippen LogP contribution in [0.3, 0.4) is 0 Å². The first-order valence-corrected chi connectivity index (χ1v) is 9.30. The second kappa shape index (κ2) is 7.89. The molecule has 0 aliphatic carbocycles. The quantitative estimate of drug-likeness (QED) is 0.484. The standard InChI is InChI=1S/C24H20N4/c1-3-6-18-12-20(19-7-5-10-25-15-19)14-22(13-18)27-24-26-16-21-11-17(4-2)8-9-23(21)28-24/h2,5,7-16H,3,6H2,1H3,(H,26,27,28). The average molecular weight is 364 g/mol. The van der Waals surface area contributed by atoms with Gasteiger partial charge in [-0.15, -0.1) is 6.42 Å². The zero-order valence-corrected chi connectivity index (χ0v) is 15.7. The number of rotatable bonds is 5. The van der Waals surface area contributed by atoms with Gasteiger partial charge in [0.15, 0.2) is 0 Å². The molecule has 0 saturated heterocycles. The third kappa shape index (κ3) is 3.84. The molecule has 0 unspecified atom stereocenters. The average Bonchev–Trinajstić information content (AvgIpc) is 2.74. The Morgan fingerprint density at radius 2 is 1.96 bits per heavy atom. The summed E-state index contributed by atoms with van der Waals surface area (Å²) in [6, 6.07) is 16.2. The van der Waals surface area contributed by atoms with Crippen LogP contribution in [0.1, 0.15) is 24.5 Å². The van der Waals surface area contributed by atoms with Crippen LogP contribution in [0.5, 0.6) is 0 Å². The summed E-state index contributed by atoms with van der Waals surface area (Å²) in [7, 11) is 0. The fourth-order valence-electron chi connectivity index (χ4n) is 3.21. The van der Waals surface area contributed by atoms with Crippen molar-refractivity contribution in [2.24, 2.45) is 0 Å². The van der Waals surface area contributed by atoms with E-state index in [4.69, 9.17) is 6.42 Å². The molecule has 0 atom stereocenters. The minimum Gasteiger partial charge on any atom is -0.324 e. The third-order valence-corrected chi connectivity index (χ3v) is 4.53. The number of nitrogens with one attached hydrogen (secondary N) is 1. The number of terminal acetylenes is 1. The molecule has 0 fully saturated rings. The van der Waals surface area contributed by atoms with Crippen LogP contribution in [0.2, 0.25) is 0 Å². The second-order valence-electron chi connectivity index (χ2n) is 6.65. The normalized spacial score (nSPS) is 10.6. The molecular weight excluding hydrogens is 344 g/mol. The van der Waals surface area contributed by atoms with Gasteiger partial charge in [0.1, 0.15) is 0 Å². The van der Waals surface area contributed by atoms with Crippen molar-refractivity contribution in [1.29, 1.82) is 0 Å². The van der Waals surface area contributed by atoms with Crippen LogP contribution < -0.4 is 5.32 Å². The second-order valence-corrected chi connectivity index (χ2v) is 6.65. The molecule has 136 valence electrons. The molecule has 4 aromatic rings. The molecule has 0 saturated carbocycles. The Hall–Kier alpha value is -3.71. The predicted octanol–water partition coefficient (Wildman–Crippen LogP) is 5.37. The summed E-state index contributed by atoms with van der Waals surface area (Å²) in [5.74, 6) is 3.20. The maximum Gasteiger partial charge on any atom is 0.227 e. The number of benzene rings is 2. The maximum absolute atomic E-state index is 5.47. The first-order valence-electron chi connectivity index (χ1n) is 9.30. The number of fused-ring (bicyclic) bond motifs is 1. The molecule has 4 rings (SSSR count). The van der Waals surface area contributed by atoms with Crippen molar-refractivity contribution in [3.8, 4) is 23.5 Å². The van der Waals surface area contributed by atoms with Gasteiger partial charge in [-0.05, 0) is 53.9 Å². The van der Waals surface area contributed by atoms with E-state index in [1.165, 1.54) is 5.56 Å². The van der Waals surface area contributed by atoms with Gasteiger partial charge in [-0.1, -0.05) is 31.4 Å². The van der Waals surface area contributed by atoms with Gasteiger partial charge < -0.3 is 5.32 Å². The van der Waals surface area contributed by atoms with Gasteiger partial charge in [0.05, 0.1) is 5.52 Å². The highest BCUT2D eigenvalue weighted by Crippen LogP contribution is 2.27. The summed E-state index contributed by atoms with van der Waals surface area (Å²) in [5.41, 5.74) is 6.12. The maximum atomic E-state index is 5.47. The van der Waals surface area contributed by atoms with E-state index in [2.05, 4.69) is 57.4 Å². The molecule has 28 heavy (non-hydrogen) atoms. The van der Waals surface area contributed by atoms with Gasteiger partial charge in [0.2, 0.25) is 5.95 Å². The molecule has 2 aromatic heterocycles. The minimum absolute atomic E-state index is 0.562. The summed E-state index contributed by atoms with van der Waals surface area (Å²) in [6.07, 6.45) is 13.0. The van der Waals surface area contributed by atoms with E-state index in [0.717, 1.165) is 46.1 Å². The Morgan fingerprint density at radius 1 is 1.04 bits per heavy atom.